The van der Waals surface area contributed by atoms with Gasteiger partial charge in [0.1, 0.15) is 5.82 Å². The number of rotatable bonds is 3. The number of hydrogen-bond donors (Lipinski definition) is 1. The Morgan fingerprint density at radius 2 is 2.10 bits per heavy atom. The highest BCUT2D eigenvalue weighted by Crippen LogP contribution is 2.43. The second kappa shape index (κ2) is 5.45. The molecule has 1 aliphatic carbocycles. The number of halogens is 1. The molecule has 0 amide bonds. The first kappa shape index (κ1) is 14.0. The van der Waals surface area contributed by atoms with Crippen molar-refractivity contribution >= 4 is 16.5 Å². The average Bonchev–Trinajstić information content (AvgIpc) is 3.00. The third-order valence-electron chi connectivity index (χ3n) is 4.41. The van der Waals surface area contributed by atoms with Gasteiger partial charge in [-0.1, -0.05) is 12.8 Å². The van der Waals surface area contributed by atoms with Crippen molar-refractivity contribution < 1.29 is 13.3 Å². The third-order valence-corrected chi connectivity index (χ3v) is 5.94. The van der Waals surface area contributed by atoms with Gasteiger partial charge in [-0.2, -0.15) is 0 Å². The van der Waals surface area contributed by atoms with Crippen molar-refractivity contribution in [2.24, 2.45) is 0 Å². The first-order valence-corrected chi connectivity index (χ1v) is 8.51. The lowest BCUT2D eigenvalue weighted by atomic mass is 9.98. The zero-order chi connectivity index (χ0) is 14.2. The smallest absolute Gasteiger partial charge is 0.125 e. The molecule has 0 radical (unpaired) electrons. The van der Waals surface area contributed by atoms with Gasteiger partial charge in [0.2, 0.25) is 0 Å². The summed E-state index contributed by atoms with van der Waals surface area (Å²) in [6, 6.07) is 4.04. The Kier molecular flexibility index (Phi) is 3.82. The van der Waals surface area contributed by atoms with Crippen molar-refractivity contribution in [1.82, 2.24) is 0 Å². The van der Waals surface area contributed by atoms with Crippen molar-refractivity contribution in [3.05, 3.63) is 24.0 Å². The van der Waals surface area contributed by atoms with Crippen LogP contribution >= 0.6 is 0 Å². The number of nitrogen functional groups attached to an aromatic ring is 1. The van der Waals surface area contributed by atoms with Crippen LogP contribution in [-0.4, -0.2) is 21.7 Å². The van der Waals surface area contributed by atoms with Gasteiger partial charge in [0, 0.05) is 0 Å². The SMILES string of the molecule is Nc1cc(F)ccc1S(=O)CC1CCC2(CCCC2)O1. The second-order valence-corrected chi connectivity index (χ2v) is 7.33. The van der Waals surface area contributed by atoms with Crippen LogP contribution in [0.2, 0.25) is 0 Å². The van der Waals surface area contributed by atoms with E-state index in [9.17, 15) is 8.60 Å². The van der Waals surface area contributed by atoms with Gasteiger partial charge in [-0.25, -0.2) is 4.39 Å². The minimum absolute atomic E-state index is 0.0402. The number of hydrogen-bond acceptors (Lipinski definition) is 3. The molecule has 2 fully saturated rings. The molecule has 0 bridgehead atoms. The van der Waals surface area contributed by atoms with Crippen molar-refractivity contribution in [2.45, 2.75) is 55.1 Å². The molecule has 2 atom stereocenters. The fourth-order valence-electron chi connectivity index (χ4n) is 3.39. The van der Waals surface area contributed by atoms with E-state index in [0.717, 1.165) is 25.7 Å². The van der Waals surface area contributed by atoms with E-state index in [2.05, 4.69) is 0 Å². The van der Waals surface area contributed by atoms with Gasteiger partial charge < -0.3 is 10.5 Å². The van der Waals surface area contributed by atoms with E-state index in [1.165, 1.54) is 31.0 Å². The third kappa shape index (κ3) is 2.74. The largest absolute Gasteiger partial charge is 0.398 e. The summed E-state index contributed by atoms with van der Waals surface area (Å²) in [6.45, 7) is 0. The highest BCUT2D eigenvalue weighted by Gasteiger charge is 2.42. The van der Waals surface area contributed by atoms with Crippen LogP contribution in [0.1, 0.15) is 38.5 Å². The molecule has 1 aliphatic heterocycles. The van der Waals surface area contributed by atoms with E-state index in [4.69, 9.17) is 10.5 Å². The van der Waals surface area contributed by atoms with Crippen molar-refractivity contribution in [1.29, 1.82) is 0 Å². The summed E-state index contributed by atoms with van der Waals surface area (Å²) in [6.07, 6.45) is 6.82. The van der Waals surface area contributed by atoms with E-state index in [0.29, 0.717) is 10.6 Å². The van der Waals surface area contributed by atoms with E-state index >= 15 is 0 Å². The van der Waals surface area contributed by atoms with Gasteiger partial charge in [-0.15, -0.1) is 0 Å². The number of benzene rings is 1. The van der Waals surface area contributed by atoms with Crippen molar-refractivity contribution in [2.75, 3.05) is 11.5 Å². The first-order valence-electron chi connectivity index (χ1n) is 7.19. The predicted molar refractivity (Wildman–Crippen MR) is 77.4 cm³/mol. The molecule has 1 aromatic rings. The molecule has 2 unspecified atom stereocenters. The first-order chi connectivity index (χ1) is 9.58. The average molecular weight is 297 g/mol. The van der Waals surface area contributed by atoms with E-state index in [-0.39, 0.29) is 17.4 Å². The van der Waals surface area contributed by atoms with Crippen molar-refractivity contribution in [3.8, 4) is 0 Å². The number of ether oxygens (including phenoxy) is 1. The monoisotopic (exact) mass is 297 g/mol. The van der Waals surface area contributed by atoms with Crippen LogP contribution < -0.4 is 5.73 Å². The lowest BCUT2D eigenvalue weighted by Gasteiger charge is -2.23. The summed E-state index contributed by atoms with van der Waals surface area (Å²) in [5.41, 5.74) is 6.06. The van der Waals surface area contributed by atoms with Gasteiger partial charge >= 0.3 is 0 Å². The Morgan fingerprint density at radius 3 is 2.80 bits per heavy atom. The molecule has 5 heteroatoms. The summed E-state index contributed by atoms with van der Waals surface area (Å²) < 4.78 is 31.5. The molecule has 1 saturated carbocycles. The molecule has 1 aromatic carbocycles. The highest BCUT2D eigenvalue weighted by atomic mass is 32.2. The molecule has 3 rings (SSSR count). The molecule has 1 heterocycles. The normalized spacial score (nSPS) is 26.1. The molecule has 2 N–H and O–H groups in total. The van der Waals surface area contributed by atoms with Crippen LogP contribution in [0.5, 0.6) is 0 Å². The Bertz CT molecular complexity index is 529. The lowest BCUT2D eigenvalue weighted by molar-refractivity contribution is -0.0270. The van der Waals surface area contributed by atoms with Gasteiger partial charge in [0.25, 0.3) is 0 Å². The Hall–Kier alpha value is -0.940. The maximum absolute atomic E-state index is 13.0. The summed E-state index contributed by atoms with van der Waals surface area (Å²) in [5, 5.41) is 0. The predicted octanol–water partition coefficient (Wildman–Crippen LogP) is 3.01. The number of nitrogens with two attached hydrogens (primary N) is 1. The topological polar surface area (TPSA) is 52.3 Å². The maximum Gasteiger partial charge on any atom is 0.125 e. The zero-order valence-corrected chi connectivity index (χ0v) is 12.3. The standard InChI is InChI=1S/C15H20FNO2S/c16-11-3-4-14(13(17)9-11)20(18)10-12-5-8-15(19-12)6-1-2-7-15/h3-4,9,12H,1-2,5-8,10,17H2. The molecule has 20 heavy (non-hydrogen) atoms. The molecule has 1 saturated heterocycles. The number of anilines is 1. The van der Waals surface area contributed by atoms with Crippen molar-refractivity contribution in [3.63, 3.8) is 0 Å². The van der Waals surface area contributed by atoms with Crippen LogP contribution in [0.25, 0.3) is 0 Å². The molecule has 0 aromatic heterocycles. The summed E-state index contributed by atoms with van der Waals surface area (Å²) in [4.78, 5) is 0.516. The maximum atomic E-state index is 13.0. The van der Waals surface area contributed by atoms with Gasteiger partial charge in [-0.3, -0.25) is 4.21 Å². The second-order valence-electron chi connectivity index (χ2n) is 5.86. The molecule has 3 nitrogen and oxygen atoms in total. The zero-order valence-electron chi connectivity index (χ0n) is 11.4. The van der Waals surface area contributed by atoms with Gasteiger partial charge in [-0.05, 0) is 43.9 Å². The fraction of sp³-hybridized carbons (Fsp3) is 0.600. The summed E-state index contributed by atoms with van der Waals surface area (Å²) in [7, 11) is -1.23. The van der Waals surface area contributed by atoms with Crippen LogP contribution in [0.3, 0.4) is 0 Å². The molecule has 1 spiro atoms. The quantitative estimate of drug-likeness (QED) is 0.873. The lowest BCUT2D eigenvalue weighted by Crippen LogP contribution is -2.27. The fourth-order valence-corrected chi connectivity index (χ4v) is 4.68. The molecule has 2 aliphatic rings. The van der Waals surface area contributed by atoms with Crippen LogP contribution in [0.4, 0.5) is 10.1 Å². The van der Waals surface area contributed by atoms with E-state index in [1.54, 1.807) is 0 Å². The van der Waals surface area contributed by atoms with Crippen LogP contribution in [0, 0.1) is 5.82 Å². The van der Waals surface area contributed by atoms with Gasteiger partial charge in [0.15, 0.2) is 0 Å². The summed E-state index contributed by atoms with van der Waals surface area (Å²) >= 11 is 0. The minimum Gasteiger partial charge on any atom is -0.398 e. The minimum atomic E-state index is -1.23. The van der Waals surface area contributed by atoms with E-state index < -0.39 is 16.6 Å². The molecular formula is C15H20FNO2S. The van der Waals surface area contributed by atoms with Gasteiger partial charge in [0.05, 0.1) is 38.8 Å². The molecular weight excluding hydrogens is 277 g/mol. The molecule has 110 valence electrons. The highest BCUT2D eigenvalue weighted by molar-refractivity contribution is 7.85. The Balaban J connectivity index is 1.65. The Morgan fingerprint density at radius 1 is 1.35 bits per heavy atom. The Labute approximate surface area is 121 Å². The van der Waals surface area contributed by atoms with E-state index in [1.807, 2.05) is 0 Å². The summed E-state index contributed by atoms with van der Waals surface area (Å²) in [5.74, 6) is 0.0580. The van der Waals surface area contributed by atoms with Crippen LogP contribution in [-0.2, 0) is 15.5 Å². The van der Waals surface area contributed by atoms with Crippen LogP contribution in [0.15, 0.2) is 23.1 Å².